The molecule has 5 heteroatoms. The molecule has 0 saturated heterocycles. The zero-order chi connectivity index (χ0) is 14.2. The monoisotopic (exact) mass is 281 g/mol. The third kappa shape index (κ3) is 2.58. The van der Waals surface area contributed by atoms with Crippen LogP contribution in [-0.2, 0) is 0 Å². The van der Waals surface area contributed by atoms with E-state index >= 15 is 0 Å². The lowest BCUT2D eigenvalue weighted by atomic mass is 10.0. The van der Waals surface area contributed by atoms with Gasteiger partial charge in [0.25, 0.3) is 0 Å². The first-order chi connectivity index (χ1) is 8.90. The summed E-state index contributed by atoms with van der Waals surface area (Å²) in [6.45, 7) is 1.75. The van der Waals surface area contributed by atoms with Crippen molar-refractivity contribution in [3.05, 3.63) is 63.7 Å². The summed E-state index contributed by atoms with van der Waals surface area (Å²) in [5.74, 6) is -2.68. The molecule has 0 spiro atoms. The highest BCUT2D eigenvalue weighted by Crippen LogP contribution is 2.24. The van der Waals surface area contributed by atoms with Gasteiger partial charge in [0.05, 0.1) is 5.02 Å². The molecule has 2 aromatic rings. The summed E-state index contributed by atoms with van der Waals surface area (Å²) in [6, 6.07) is 6.26. The molecule has 0 saturated carbocycles. The molecule has 2 rings (SSSR count). The number of hydrogen-bond acceptors (Lipinski definition) is 2. The number of ketones is 1. The Morgan fingerprint density at radius 2 is 1.79 bits per heavy atom. The van der Waals surface area contributed by atoms with E-state index in [1.165, 1.54) is 6.07 Å². The summed E-state index contributed by atoms with van der Waals surface area (Å²) >= 11 is 5.77. The number of hydrogen-bond donors (Lipinski definition) is 1. The highest BCUT2D eigenvalue weighted by molar-refractivity contribution is 6.35. The van der Waals surface area contributed by atoms with E-state index in [0.717, 1.165) is 17.7 Å². The Hall–Kier alpha value is -1.94. The average Bonchev–Trinajstić information content (AvgIpc) is 2.36. The molecule has 0 bridgehead atoms. The summed E-state index contributed by atoms with van der Waals surface area (Å²) in [7, 11) is 0. The van der Waals surface area contributed by atoms with Crippen LogP contribution in [0.2, 0.25) is 5.02 Å². The van der Waals surface area contributed by atoms with Gasteiger partial charge in [-0.1, -0.05) is 11.6 Å². The smallest absolute Gasteiger partial charge is 0.194 e. The maximum atomic E-state index is 13.2. The van der Waals surface area contributed by atoms with E-state index in [1.54, 1.807) is 19.1 Å². The van der Waals surface area contributed by atoms with Crippen molar-refractivity contribution in [3.63, 3.8) is 0 Å². The van der Waals surface area contributed by atoms with Gasteiger partial charge < -0.3 is 5.73 Å². The summed E-state index contributed by atoms with van der Waals surface area (Å²) in [6.07, 6.45) is 0. The van der Waals surface area contributed by atoms with Crippen molar-refractivity contribution < 1.29 is 13.6 Å². The minimum atomic E-state index is -1.11. The molecule has 0 heterocycles. The molecular formula is C14H10ClF2NO. The van der Waals surface area contributed by atoms with Crippen LogP contribution in [0.1, 0.15) is 21.5 Å². The Balaban J connectivity index is 2.49. The number of halogens is 3. The summed E-state index contributed by atoms with van der Waals surface area (Å²) < 4.78 is 26.1. The van der Waals surface area contributed by atoms with E-state index in [2.05, 4.69) is 0 Å². The summed E-state index contributed by atoms with van der Waals surface area (Å²) in [4.78, 5) is 12.2. The van der Waals surface area contributed by atoms with Crippen LogP contribution in [0.3, 0.4) is 0 Å². The van der Waals surface area contributed by atoms with Gasteiger partial charge in [0.2, 0.25) is 0 Å². The van der Waals surface area contributed by atoms with Crippen LogP contribution >= 0.6 is 11.6 Å². The van der Waals surface area contributed by atoms with E-state index in [1.807, 2.05) is 0 Å². The molecule has 0 radical (unpaired) electrons. The maximum absolute atomic E-state index is 13.2. The third-order valence-electron chi connectivity index (χ3n) is 2.79. The van der Waals surface area contributed by atoms with E-state index < -0.39 is 17.4 Å². The van der Waals surface area contributed by atoms with Gasteiger partial charge in [-0.25, -0.2) is 8.78 Å². The quantitative estimate of drug-likeness (QED) is 0.518. The highest BCUT2D eigenvalue weighted by atomic mass is 35.5. The van der Waals surface area contributed by atoms with Gasteiger partial charge in [-0.3, -0.25) is 4.79 Å². The number of carbonyl (C=O) groups is 1. The maximum Gasteiger partial charge on any atom is 0.194 e. The van der Waals surface area contributed by atoms with Gasteiger partial charge in [-0.2, -0.15) is 0 Å². The summed E-state index contributed by atoms with van der Waals surface area (Å²) in [5, 5.41) is -0.127. The second-order valence-corrected chi connectivity index (χ2v) is 4.55. The molecule has 0 aromatic heterocycles. The number of aryl methyl sites for hydroxylation is 1. The molecule has 0 aliphatic heterocycles. The Bertz CT molecular complexity index is 671. The summed E-state index contributed by atoms with van der Waals surface area (Å²) in [5.41, 5.74) is 7.17. The Kier molecular flexibility index (Phi) is 3.53. The van der Waals surface area contributed by atoms with Crippen molar-refractivity contribution >= 4 is 23.1 Å². The molecule has 0 atom stereocenters. The SMILES string of the molecule is Cc1cc(C(=O)c2cc(F)c(F)cc2Cl)ccc1N. The second kappa shape index (κ2) is 4.97. The van der Waals surface area contributed by atoms with Crippen LogP contribution in [0.4, 0.5) is 14.5 Å². The minimum Gasteiger partial charge on any atom is -0.399 e. The lowest BCUT2D eigenvalue weighted by molar-refractivity contribution is 0.103. The van der Waals surface area contributed by atoms with Crippen molar-refractivity contribution in [1.29, 1.82) is 0 Å². The largest absolute Gasteiger partial charge is 0.399 e. The van der Waals surface area contributed by atoms with E-state index in [0.29, 0.717) is 11.3 Å². The van der Waals surface area contributed by atoms with Crippen molar-refractivity contribution in [2.24, 2.45) is 0 Å². The van der Waals surface area contributed by atoms with Crippen molar-refractivity contribution in [2.75, 3.05) is 5.73 Å². The van der Waals surface area contributed by atoms with Crippen molar-refractivity contribution in [2.45, 2.75) is 6.92 Å². The molecule has 2 nitrogen and oxygen atoms in total. The number of benzene rings is 2. The first kappa shape index (κ1) is 13.5. The van der Waals surface area contributed by atoms with E-state index in [-0.39, 0.29) is 10.6 Å². The first-order valence-electron chi connectivity index (χ1n) is 5.45. The Labute approximate surface area is 113 Å². The molecule has 2 N–H and O–H groups in total. The zero-order valence-corrected chi connectivity index (χ0v) is 10.8. The molecule has 0 amide bonds. The van der Waals surface area contributed by atoms with Gasteiger partial charge in [-0.15, -0.1) is 0 Å². The molecular weight excluding hydrogens is 272 g/mol. The molecule has 2 aromatic carbocycles. The Morgan fingerprint density at radius 3 is 2.42 bits per heavy atom. The van der Waals surface area contributed by atoms with E-state index in [9.17, 15) is 13.6 Å². The predicted octanol–water partition coefficient (Wildman–Crippen LogP) is 3.74. The topological polar surface area (TPSA) is 43.1 Å². The van der Waals surface area contributed by atoms with Crippen LogP contribution in [0.15, 0.2) is 30.3 Å². The molecule has 0 aliphatic rings. The number of carbonyl (C=O) groups excluding carboxylic acids is 1. The third-order valence-corrected chi connectivity index (χ3v) is 3.10. The van der Waals surface area contributed by atoms with Gasteiger partial charge in [-0.05, 0) is 42.8 Å². The van der Waals surface area contributed by atoms with Crippen LogP contribution < -0.4 is 5.73 Å². The number of nitrogen functional groups attached to an aromatic ring is 1. The number of nitrogens with two attached hydrogens (primary N) is 1. The number of anilines is 1. The average molecular weight is 282 g/mol. The van der Waals surface area contributed by atoms with Crippen LogP contribution in [0.25, 0.3) is 0 Å². The van der Waals surface area contributed by atoms with Crippen LogP contribution in [0, 0.1) is 18.6 Å². The molecule has 0 unspecified atom stereocenters. The highest BCUT2D eigenvalue weighted by Gasteiger charge is 2.17. The van der Waals surface area contributed by atoms with E-state index in [4.69, 9.17) is 17.3 Å². The molecule has 19 heavy (non-hydrogen) atoms. The minimum absolute atomic E-state index is 0.0789. The first-order valence-corrected chi connectivity index (χ1v) is 5.83. The number of rotatable bonds is 2. The van der Waals surface area contributed by atoms with Gasteiger partial charge >= 0.3 is 0 Å². The van der Waals surface area contributed by atoms with Crippen LogP contribution in [0.5, 0.6) is 0 Å². The van der Waals surface area contributed by atoms with Crippen molar-refractivity contribution in [1.82, 2.24) is 0 Å². The normalized spacial score (nSPS) is 10.5. The fourth-order valence-corrected chi connectivity index (χ4v) is 1.91. The molecule has 0 aliphatic carbocycles. The fraction of sp³-hybridized carbons (Fsp3) is 0.0714. The lowest BCUT2D eigenvalue weighted by Crippen LogP contribution is -2.05. The van der Waals surface area contributed by atoms with Crippen molar-refractivity contribution in [3.8, 4) is 0 Å². The predicted molar refractivity (Wildman–Crippen MR) is 70.4 cm³/mol. The second-order valence-electron chi connectivity index (χ2n) is 4.15. The zero-order valence-electron chi connectivity index (χ0n) is 10.0. The lowest BCUT2D eigenvalue weighted by Gasteiger charge is -2.07. The van der Waals surface area contributed by atoms with Gasteiger partial charge in [0.1, 0.15) is 0 Å². The molecule has 0 fully saturated rings. The molecule has 98 valence electrons. The fourth-order valence-electron chi connectivity index (χ4n) is 1.67. The van der Waals surface area contributed by atoms with Crippen LogP contribution in [-0.4, -0.2) is 5.78 Å². The van der Waals surface area contributed by atoms with Gasteiger partial charge in [0.15, 0.2) is 17.4 Å². The van der Waals surface area contributed by atoms with Gasteiger partial charge in [0, 0.05) is 16.8 Å². The Morgan fingerprint density at radius 1 is 1.16 bits per heavy atom. The standard InChI is InChI=1S/C14H10ClF2NO/c1-7-4-8(2-3-13(7)18)14(19)9-5-11(16)12(17)6-10(9)15/h2-6H,18H2,1H3.